The Kier molecular flexibility index (Phi) is 4.45. The molecule has 1 aliphatic rings. The molecule has 0 heterocycles. The van der Waals surface area contributed by atoms with Crippen molar-refractivity contribution in [3.8, 4) is 0 Å². The number of carbonyl (C=O) groups is 2. The van der Waals surface area contributed by atoms with Crippen LogP contribution in [0.3, 0.4) is 0 Å². The standard InChI is InChI=1S/C10H17NO3S/c1-6(15-2)5-8(12)11-9(10(13)14)7-3-4-7/h6-7,9H,3-5H2,1-2H3,(H,11,12)(H,13,14). The quantitative estimate of drug-likeness (QED) is 0.718. The molecular formula is C10H17NO3S. The van der Waals surface area contributed by atoms with Crippen molar-refractivity contribution in [3.05, 3.63) is 0 Å². The second-order valence-electron chi connectivity index (χ2n) is 3.97. The van der Waals surface area contributed by atoms with Gasteiger partial charge in [0.1, 0.15) is 6.04 Å². The Bertz CT molecular complexity index is 253. The molecule has 86 valence electrons. The zero-order valence-corrected chi connectivity index (χ0v) is 9.84. The number of thioether (sulfide) groups is 1. The third kappa shape index (κ3) is 4.11. The third-order valence-corrected chi connectivity index (χ3v) is 3.52. The van der Waals surface area contributed by atoms with Crippen molar-refractivity contribution in [2.24, 2.45) is 5.92 Å². The summed E-state index contributed by atoms with van der Waals surface area (Å²) >= 11 is 1.60. The number of rotatable bonds is 6. The molecule has 0 radical (unpaired) electrons. The molecule has 0 saturated heterocycles. The Labute approximate surface area is 93.8 Å². The first kappa shape index (κ1) is 12.4. The highest BCUT2D eigenvalue weighted by molar-refractivity contribution is 7.99. The van der Waals surface area contributed by atoms with Crippen LogP contribution in [0.2, 0.25) is 0 Å². The fourth-order valence-electron chi connectivity index (χ4n) is 1.39. The summed E-state index contributed by atoms with van der Waals surface area (Å²) in [6.45, 7) is 1.96. The normalized spacial score (nSPS) is 19.3. The lowest BCUT2D eigenvalue weighted by molar-refractivity contribution is -0.142. The van der Waals surface area contributed by atoms with Gasteiger partial charge in [0.15, 0.2) is 0 Å². The van der Waals surface area contributed by atoms with Gasteiger partial charge in [0.25, 0.3) is 0 Å². The van der Waals surface area contributed by atoms with Crippen LogP contribution in [-0.4, -0.2) is 34.5 Å². The molecule has 0 spiro atoms. The van der Waals surface area contributed by atoms with E-state index in [1.807, 2.05) is 13.2 Å². The highest BCUT2D eigenvalue weighted by Gasteiger charge is 2.37. The smallest absolute Gasteiger partial charge is 0.326 e. The van der Waals surface area contributed by atoms with Crippen molar-refractivity contribution in [3.63, 3.8) is 0 Å². The van der Waals surface area contributed by atoms with Crippen molar-refractivity contribution < 1.29 is 14.7 Å². The second kappa shape index (κ2) is 5.39. The molecule has 0 aromatic carbocycles. The van der Waals surface area contributed by atoms with Crippen LogP contribution in [-0.2, 0) is 9.59 Å². The molecule has 2 unspecified atom stereocenters. The maximum absolute atomic E-state index is 11.5. The van der Waals surface area contributed by atoms with Gasteiger partial charge in [-0.05, 0) is 25.0 Å². The number of hydrogen-bond donors (Lipinski definition) is 2. The van der Waals surface area contributed by atoms with E-state index in [2.05, 4.69) is 5.32 Å². The molecule has 1 fully saturated rings. The summed E-state index contributed by atoms with van der Waals surface area (Å²) in [6, 6.07) is -0.674. The molecule has 1 rings (SSSR count). The van der Waals surface area contributed by atoms with E-state index in [0.29, 0.717) is 6.42 Å². The van der Waals surface area contributed by atoms with Crippen LogP contribution in [0.25, 0.3) is 0 Å². The van der Waals surface area contributed by atoms with Crippen LogP contribution < -0.4 is 5.32 Å². The highest BCUT2D eigenvalue weighted by atomic mass is 32.2. The predicted octanol–water partition coefficient (Wildman–Crippen LogP) is 1.11. The Morgan fingerprint density at radius 1 is 1.53 bits per heavy atom. The molecule has 1 aliphatic carbocycles. The Morgan fingerprint density at radius 2 is 2.13 bits per heavy atom. The van der Waals surface area contributed by atoms with Gasteiger partial charge in [0.2, 0.25) is 5.91 Å². The first-order chi connectivity index (χ1) is 7.04. The Morgan fingerprint density at radius 3 is 2.53 bits per heavy atom. The lowest BCUT2D eigenvalue weighted by Crippen LogP contribution is -2.42. The van der Waals surface area contributed by atoms with Crippen LogP contribution in [0.4, 0.5) is 0 Å². The number of carbonyl (C=O) groups excluding carboxylic acids is 1. The van der Waals surface area contributed by atoms with E-state index in [4.69, 9.17) is 5.11 Å². The van der Waals surface area contributed by atoms with Crippen molar-refractivity contribution in [1.82, 2.24) is 5.32 Å². The zero-order chi connectivity index (χ0) is 11.4. The molecular weight excluding hydrogens is 214 g/mol. The average Bonchev–Trinajstić information content (AvgIpc) is 2.96. The minimum atomic E-state index is -0.914. The van der Waals surface area contributed by atoms with Gasteiger partial charge in [-0.3, -0.25) is 4.79 Å². The average molecular weight is 231 g/mol. The summed E-state index contributed by atoms with van der Waals surface area (Å²) in [5, 5.41) is 11.7. The highest BCUT2D eigenvalue weighted by Crippen LogP contribution is 2.32. The second-order valence-corrected chi connectivity index (χ2v) is 5.25. The molecule has 2 N–H and O–H groups in total. The molecule has 0 aliphatic heterocycles. The maximum atomic E-state index is 11.5. The minimum Gasteiger partial charge on any atom is -0.480 e. The van der Waals surface area contributed by atoms with E-state index in [0.717, 1.165) is 12.8 Å². The maximum Gasteiger partial charge on any atom is 0.326 e. The third-order valence-electron chi connectivity index (χ3n) is 2.55. The summed E-state index contributed by atoms with van der Waals surface area (Å²) in [5.74, 6) is -0.921. The van der Waals surface area contributed by atoms with E-state index in [1.54, 1.807) is 11.8 Å². The summed E-state index contributed by atoms with van der Waals surface area (Å²) in [6.07, 6.45) is 4.15. The lowest BCUT2D eigenvalue weighted by atomic mass is 10.2. The molecule has 5 heteroatoms. The van der Waals surface area contributed by atoms with Crippen molar-refractivity contribution in [2.75, 3.05) is 6.26 Å². The van der Waals surface area contributed by atoms with Gasteiger partial charge >= 0.3 is 5.97 Å². The SMILES string of the molecule is CSC(C)CC(=O)NC(C(=O)O)C1CC1. The van der Waals surface area contributed by atoms with Crippen molar-refractivity contribution >= 4 is 23.6 Å². The number of aliphatic carboxylic acids is 1. The molecule has 0 aromatic rings. The van der Waals surface area contributed by atoms with Gasteiger partial charge in [-0.25, -0.2) is 4.79 Å². The molecule has 15 heavy (non-hydrogen) atoms. The zero-order valence-electron chi connectivity index (χ0n) is 9.03. The van der Waals surface area contributed by atoms with Crippen molar-refractivity contribution in [1.29, 1.82) is 0 Å². The fourth-order valence-corrected chi connectivity index (χ4v) is 1.71. The first-order valence-electron chi connectivity index (χ1n) is 5.09. The number of hydrogen-bond acceptors (Lipinski definition) is 3. The molecule has 1 saturated carbocycles. The summed E-state index contributed by atoms with van der Waals surface area (Å²) in [4.78, 5) is 22.3. The summed E-state index contributed by atoms with van der Waals surface area (Å²) < 4.78 is 0. The summed E-state index contributed by atoms with van der Waals surface area (Å²) in [5.41, 5.74) is 0. The van der Waals surface area contributed by atoms with Gasteiger partial charge in [-0.2, -0.15) is 11.8 Å². The van der Waals surface area contributed by atoms with Crippen LogP contribution in [0.15, 0.2) is 0 Å². The molecule has 0 aromatic heterocycles. The number of carboxylic acid groups (broad SMARTS) is 1. The van der Waals surface area contributed by atoms with Gasteiger partial charge in [-0.1, -0.05) is 6.92 Å². The van der Waals surface area contributed by atoms with E-state index in [9.17, 15) is 9.59 Å². The van der Waals surface area contributed by atoms with Crippen LogP contribution in [0.5, 0.6) is 0 Å². The number of carboxylic acids is 1. The fraction of sp³-hybridized carbons (Fsp3) is 0.800. The predicted molar refractivity (Wildman–Crippen MR) is 59.9 cm³/mol. The molecule has 1 amide bonds. The molecule has 4 nitrogen and oxygen atoms in total. The van der Waals surface area contributed by atoms with Crippen molar-refractivity contribution in [2.45, 2.75) is 37.5 Å². The van der Waals surface area contributed by atoms with Gasteiger partial charge < -0.3 is 10.4 Å². The van der Waals surface area contributed by atoms with Crippen LogP contribution in [0, 0.1) is 5.92 Å². The Balaban J connectivity index is 2.37. The van der Waals surface area contributed by atoms with Gasteiger partial charge in [0, 0.05) is 11.7 Å². The van der Waals surface area contributed by atoms with Crippen LogP contribution in [0.1, 0.15) is 26.2 Å². The van der Waals surface area contributed by atoms with E-state index < -0.39 is 12.0 Å². The van der Waals surface area contributed by atoms with Gasteiger partial charge in [-0.15, -0.1) is 0 Å². The number of amides is 1. The topological polar surface area (TPSA) is 66.4 Å². The molecule has 0 bridgehead atoms. The number of nitrogens with one attached hydrogen (secondary N) is 1. The Hall–Kier alpha value is -0.710. The molecule has 2 atom stereocenters. The van der Waals surface area contributed by atoms with E-state index >= 15 is 0 Å². The van der Waals surface area contributed by atoms with Crippen LogP contribution >= 0.6 is 11.8 Å². The van der Waals surface area contributed by atoms with E-state index in [-0.39, 0.29) is 17.1 Å². The lowest BCUT2D eigenvalue weighted by Gasteiger charge is -2.15. The summed E-state index contributed by atoms with van der Waals surface area (Å²) in [7, 11) is 0. The monoisotopic (exact) mass is 231 g/mol. The van der Waals surface area contributed by atoms with E-state index in [1.165, 1.54) is 0 Å². The minimum absolute atomic E-state index is 0.149. The first-order valence-corrected chi connectivity index (χ1v) is 6.38. The largest absolute Gasteiger partial charge is 0.480 e. The van der Waals surface area contributed by atoms with Gasteiger partial charge in [0.05, 0.1) is 0 Å².